The number of ether oxygens (including phenoxy) is 1. The van der Waals surface area contributed by atoms with Crippen molar-refractivity contribution < 1.29 is 9.53 Å². The number of rotatable bonds is 2. The zero-order chi connectivity index (χ0) is 10.7. The van der Waals surface area contributed by atoms with Crippen molar-refractivity contribution in [3.63, 3.8) is 0 Å². The molecule has 0 radical (unpaired) electrons. The molecule has 1 rings (SSSR count). The molecule has 14 heavy (non-hydrogen) atoms. The van der Waals surface area contributed by atoms with Gasteiger partial charge in [0.1, 0.15) is 5.75 Å². The van der Waals surface area contributed by atoms with Crippen LogP contribution in [0.3, 0.4) is 0 Å². The fourth-order valence-corrected chi connectivity index (χ4v) is 2.79. The van der Waals surface area contributed by atoms with E-state index in [-0.39, 0.29) is 5.97 Å². The molecule has 1 aromatic rings. The highest BCUT2D eigenvalue weighted by Gasteiger charge is 2.07. The topological polar surface area (TPSA) is 26.3 Å². The van der Waals surface area contributed by atoms with Gasteiger partial charge in [-0.1, -0.05) is 12.7 Å². The van der Waals surface area contributed by atoms with Gasteiger partial charge in [0.15, 0.2) is 0 Å². The van der Waals surface area contributed by atoms with Gasteiger partial charge in [0.2, 0.25) is 0 Å². The van der Waals surface area contributed by atoms with E-state index >= 15 is 0 Å². The van der Waals surface area contributed by atoms with Crippen molar-refractivity contribution in [1.29, 1.82) is 0 Å². The fraction of sp³-hybridized carbons (Fsp3) is 0.100. The zero-order valence-electron chi connectivity index (χ0n) is 7.51. The summed E-state index contributed by atoms with van der Waals surface area (Å²) < 4.78 is 7.06. The number of carbonyl (C=O) groups is 1. The van der Waals surface area contributed by atoms with Crippen LogP contribution in [0.5, 0.6) is 5.75 Å². The summed E-state index contributed by atoms with van der Waals surface area (Å²) in [6, 6.07) is 3.77. The summed E-state index contributed by atoms with van der Waals surface area (Å²) in [5, 5.41) is 0. The lowest BCUT2D eigenvalue weighted by molar-refractivity contribution is -0.131. The number of benzene rings is 1. The maximum atomic E-state index is 10.8. The molecule has 0 fully saturated rings. The first kappa shape index (κ1) is 12.0. The Balaban J connectivity index is 3.16. The molecule has 0 atom stereocenters. The Kier molecular flexibility index (Phi) is 4.36. The smallest absolute Gasteiger partial charge is 0.308 e. The van der Waals surface area contributed by atoms with Crippen molar-refractivity contribution >= 4 is 57.2 Å². The lowest BCUT2D eigenvalue weighted by atomic mass is 10.2. The Morgan fingerprint density at radius 2 is 2.07 bits per heavy atom. The minimum absolute atomic E-state index is 0.306. The molecule has 0 saturated heterocycles. The standard InChI is InChI=1S/C10H8I2O2/c1-3-7-4-10(14-6(2)13)9(12)5-8(7)11/h3-5H,1H2,2H3. The van der Waals surface area contributed by atoms with Crippen LogP contribution in [-0.4, -0.2) is 5.97 Å². The third kappa shape index (κ3) is 2.94. The van der Waals surface area contributed by atoms with Crippen molar-refractivity contribution in [3.05, 3.63) is 31.4 Å². The van der Waals surface area contributed by atoms with Gasteiger partial charge >= 0.3 is 5.97 Å². The second-order valence-electron chi connectivity index (χ2n) is 2.60. The second-order valence-corrected chi connectivity index (χ2v) is 4.93. The maximum Gasteiger partial charge on any atom is 0.308 e. The van der Waals surface area contributed by atoms with Crippen LogP contribution in [0, 0.1) is 7.14 Å². The number of halogens is 2. The predicted molar refractivity (Wildman–Crippen MR) is 73.3 cm³/mol. The monoisotopic (exact) mass is 414 g/mol. The minimum atomic E-state index is -0.306. The van der Waals surface area contributed by atoms with Crippen LogP contribution in [0.15, 0.2) is 18.7 Å². The summed E-state index contributed by atoms with van der Waals surface area (Å²) in [5.41, 5.74) is 0.974. The zero-order valence-corrected chi connectivity index (χ0v) is 11.8. The molecule has 0 unspecified atom stereocenters. The van der Waals surface area contributed by atoms with Gasteiger partial charge < -0.3 is 4.74 Å². The number of carbonyl (C=O) groups excluding carboxylic acids is 1. The van der Waals surface area contributed by atoms with Crippen molar-refractivity contribution in [3.8, 4) is 5.75 Å². The van der Waals surface area contributed by atoms with Gasteiger partial charge in [-0.3, -0.25) is 4.79 Å². The second kappa shape index (κ2) is 5.11. The molecular formula is C10H8I2O2. The molecule has 0 aliphatic heterocycles. The molecule has 0 spiro atoms. The molecule has 0 aromatic heterocycles. The van der Waals surface area contributed by atoms with Gasteiger partial charge in [0, 0.05) is 10.5 Å². The molecule has 0 heterocycles. The molecule has 1 aromatic carbocycles. The highest BCUT2D eigenvalue weighted by Crippen LogP contribution is 2.27. The van der Waals surface area contributed by atoms with Crippen LogP contribution < -0.4 is 4.74 Å². The Hall–Kier alpha value is -0.110. The molecule has 0 bridgehead atoms. The van der Waals surface area contributed by atoms with E-state index in [0.29, 0.717) is 5.75 Å². The summed E-state index contributed by atoms with van der Waals surface area (Å²) in [7, 11) is 0. The van der Waals surface area contributed by atoms with Crippen molar-refractivity contribution in [2.24, 2.45) is 0 Å². The van der Waals surface area contributed by atoms with E-state index in [0.717, 1.165) is 12.7 Å². The van der Waals surface area contributed by atoms with Crippen LogP contribution >= 0.6 is 45.2 Å². The summed E-state index contributed by atoms with van der Waals surface area (Å²) in [4.78, 5) is 10.8. The lowest BCUT2D eigenvalue weighted by Crippen LogP contribution is -2.03. The summed E-state index contributed by atoms with van der Waals surface area (Å²) in [6.07, 6.45) is 1.74. The first-order chi connectivity index (χ1) is 6.54. The van der Waals surface area contributed by atoms with Crippen LogP contribution in [0.2, 0.25) is 0 Å². The molecule has 0 aliphatic carbocycles. The van der Waals surface area contributed by atoms with Gasteiger partial charge in [0.05, 0.1) is 3.57 Å². The van der Waals surface area contributed by atoms with E-state index in [4.69, 9.17) is 4.74 Å². The summed E-state index contributed by atoms with van der Waals surface area (Å²) >= 11 is 4.36. The third-order valence-corrected chi connectivity index (χ3v) is 3.30. The SMILES string of the molecule is C=Cc1cc(OC(C)=O)c(I)cc1I. The van der Waals surface area contributed by atoms with E-state index in [9.17, 15) is 4.79 Å². The number of esters is 1. The van der Waals surface area contributed by atoms with Gasteiger partial charge in [-0.05, 0) is 62.9 Å². The molecule has 0 N–H and O–H groups in total. The van der Waals surface area contributed by atoms with Gasteiger partial charge in [-0.15, -0.1) is 0 Å². The lowest BCUT2D eigenvalue weighted by Gasteiger charge is -2.06. The van der Waals surface area contributed by atoms with Crippen LogP contribution in [0.4, 0.5) is 0 Å². The Morgan fingerprint density at radius 1 is 1.43 bits per heavy atom. The van der Waals surface area contributed by atoms with Crippen molar-refractivity contribution in [2.75, 3.05) is 0 Å². The Labute approximate surface area is 110 Å². The van der Waals surface area contributed by atoms with Crippen LogP contribution in [0.25, 0.3) is 6.08 Å². The van der Waals surface area contributed by atoms with E-state index in [1.165, 1.54) is 6.92 Å². The van der Waals surface area contributed by atoms with E-state index in [2.05, 4.69) is 51.8 Å². The van der Waals surface area contributed by atoms with Crippen LogP contribution in [-0.2, 0) is 4.79 Å². The molecule has 4 heteroatoms. The van der Waals surface area contributed by atoms with Crippen molar-refractivity contribution in [2.45, 2.75) is 6.92 Å². The van der Waals surface area contributed by atoms with Crippen LogP contribution in [0.1, 0.15) is 12.5 Å². The molecule has 2 nitrogen and oxygen atoms in total. The largest absolute Gasteiger partial charge is 0.426 e. The average molecular weight is 414 g/mol. The van der Waals surface area contributed by atoms with Gasteiger partial charge in [0.25, 0.3) is 0 Å². The van der Waals surface area contributed by atoms with E-state index in [1.807, 2.05) is 12.1 Å². The Morgan fingerprint density at radius 3 is 2.57 bits per heavy atom. The van der Waals surface area contributed by atoms with E-state index in [1.54, 1.807) is 6.08 Å². The highest BCUT2D eigenvalue weighted by atomic mass is 127. The summed E-state index contributed by atoms with van der Waals surface area (Å²) in [6.45, 7) is 5.08. The first-order valence-electron chi connectivity index (χ1n) is 3.84. The third-order valence-electron chi connectivity index (χ3n) is 1.52. The Bertz CT molecular complexity index is 386. The number of hydrogen-bond donors (Lipinski definition) is 0. The predicted octanol–water partition coefficient (Wildman–Crippen LogP) is 3.46. The van der Waals surface area contributed by atoms with Gasteiger partial charge in [-0.25, -0.2) is 0 Å². The maximum absolute atomic E-state index is 10.8. The number of hydrogen-bond acceptors (Lipinski definition) is 2. The highest BCUT2D eigenvalue weighted by molar-refractivity contribution is 14.1. The van der Waals surface area contributed by atoms with Gasteiger partial charge in [-0.2, -0.15) is 0 Å². The van der Waals surface area contributed by atoms with E-state index < -0.39 is 0 Å². The van der Waals surface area contributed by atoms with Crippen molar-refractivity contribution in [1.82, 2.24) is 0 Å². The minimum Gasteiger partial charge on any atom is -0.426 e. The quantitative estimate of drug-likeness (QED) is 0.421. The molecule has 0 amide bonds. The molecular weight excluding hydrogens is 406 g/mol. The fourth-order valence-electron chi connectivity index (χ4n) is 0.934. The molecule has 0 saturated carbocycles. The molecule has 0 aliphatic rings. The summed E-state index contributed by atoms with van der Waals surface area (Å²) in [5.74, 6) is 0.285. The molecule has 74 valence electrons. The first-order valence-corrected chi connectivity index (χ1v) is 6.00. The average Bonchev–Trinajstić information content (AvgIpc) is 2.09. The normalized spacial score (nSPS) is 9.64.